The predicted molar refractivity (Wildman–Crippen MR) is 104 cm³/mol. The number of carbonyl (C=O) groups is 2. The molecular weight excluding hydrogens is 394 g/mol. The fourth-order valence-electron chi connectivity index (χ4n) is 2.84. The van der Waals surface area contributed by atoms with Gasteiger partial charge in [0.05, 0.1) is 28.0 Å². The Hall–Kier alpha value is -1.90. The number of cyclic esters (lactones) is 1. The highest BCUT2D eigenvalue weighted by molar-refractivity contribution is 8.13. The first-order valence-electron chi connectivity index (χ1n) is 8.02. The van der Waals surface area contributed by atoms with E-state index in [0.29, 0.717) is 15.8 Å². The van der Waals surface area contributed by atoms with Crippen LogP contribution in [0.25, 0.3) is 0 Å². The molecule has 2 amide bonds. The van der Waals surface area contributed by atoms with E-state index in [1.165, 1.54) is 11.3 Å². The number of nitrogens with one attached hydrogen (secondary N) is 1. The van der Waals surface area contributed by atoms with Crippen LogP contribution < -0.4 is 5.32 Å². The fourth-order valence-corrected chi connectivity index (χ4v) is 5.78. The van der Waals surface area contributed by atoms with Crippen LogP contribution in [0.4, 0.5) is 4.79 Å². The second kappa shape index (κ2) is 7.02. The molecule has 4 rings (SSSR count). The SMILES string of the molecule is Cc1ccc2c(n1)CS(N1C[C@H](CNC(=O)c3ccc(Cl)s3)OC1=O)=C2. The molecule has 0 spiro atoms. The summed E-state index contributed by atoms with van der Waals surface area (Å²) < 4.78 is 7.71. The Morgan fingerprint density at radius 3 is 3.08 bits per heavy atom. The topological polar surface area (TPSA) is 71.5 Å². The third-order valence-electron chi connectivity index (χ3n) is 4.11. The van der Waals surface area contributed by atoms with Gasteiger partial charge in [-0.05, 0) is 30.5 Å². The van der Waals surface area contributed by atoms with Crippen LogP contribution in [0, 0.1) is 6.92 Å². The first-order valence-corrected chi connectivity index (χ1v) is 10.6. The second-order valence-electron chi connectivity index (χ2n) is 6.03. The molecule has 0 aliphatic carbocycles. The summed E-state index contributed by atoms with van der Waals surface area (Å²) in [7, 11) is -0.362. The normalized spacial score (nSPS) is 21.3. The van der Waals surface area contributed by atoms with Crippen LogP contribution in [0.3, 0.4) is 0 Å². The van der Waals surface area contributed by atoms with Gasteiger partial charge in [-0.15, -0.1) is 11.3 Å². The smallest absolute Gasteiger partial charge is 0.420 e. The molecule has 1 N–H and O–H groups in total. The van der Waals surface area contributed by atoms with Crippen LogP contribution in [0.15, 0.2) is 24.3 Å². The number of hydrogen-bond acceptors (Lipinski definition) is 5. The number of ether oxygens (including phenoxy) is 1. The summed E-state index contributed by atoms with van der Waals surface area (Å²) in [5.41, 5.74) is 3.08. The van der Waals surface area contributed by atoms with Gasteiger partial charge in [-0.1, -0.05) is 28.3 Å². The van der Waals surface area contributed by atoms with Crippen LogP contribution in [-0.2, 0) is 10.5 Å². The maximum Gasteiger partial charge on any atom is 0.420 e. The predicted octanol–water partition coefficient (Wildman–Crippen LogP) is 3.20. The molecule has 6 nitrogen and oxygen atoms in total. The van der Waals surface area contributed by atoms with E-state index in [0.717, 1.165) is 22.7 Å². The molecule has 0 radical (unpaired) electrons. The van der Waals surface area contributed by atoms with Gasteiger partial charge in [-0.25, -0.2) is 4.79 Å². The highest BCUT2D eigenvalue weighted by Crippen LogP contribution is 2.35. The highest BCUT2D eigenvalue weighted by atomic mass is 35.5. The zero-order chi connectivity index (χ0) is 18.3. The standard InChI is InChI=1S/C17H16ClN3O3S2/c1-10-2-3-11-8-26(9-13(11)20-10)21-7-12(24-17(21)23)6-19-16(22)14-4-5-15(18)25-14/h2-5,8,12H,6-7,9H2,1H3,(H,19,22)/t12-,26?/m0/s1. The lowest BCUT2D eigenvalue weighted by atomic mass is 10.2. The molecule has 1 fully saturated rings. The van der Waals surface area contributed by atoms with E-state index in [-0.39, 0.29) is 35.3 Å². The van der Waals surface area contributed by atoms with E-state index in [4.69, 9.17) is 16.3 Å². The van der Waals surface area contributed by atoms with E-state index in [2.05, 4.69) is 15.7 Å². The molecule has 2 aliphatic rings. The molecule has 9 heteroatoms. The lowest BCUT2D eigenvalue weighted by Gasteiger charge is -2.15. The lowest BCUT2D eigenvalue weighted by molar-refractivity contribution is 0.0919. The Bertz CT molecular complexity index is 928. The van der Waals surface area contributed by atoms with Gasteiger partial charge in [0, 0.05) is 17.0 Å². The second-order valence-corrected chi connectivity index (χ2v) is 9.52. The van der Waals surface area contributed by atoms with Gasteiger partial charge >= 0.3 is 6.09 Å². The van der Waals surface area contributed by atoms with Gasteiger partial charge in [0.25, 0.3) is 5.91 Å². The molecule has 2 aromatic rings. The van der Waals surface area contributed by atoms with Crippen molar-refractivity contribution < 1.29 is 14.3 Å². The van der Waals surface area contributed by atoms with Crippen LogP contribution >= 0.6 is 33.6 Å². The van der Waals surface area contributed by atoms with Crippen molar-refractivity contribution in [3.8, 4) is 0 Å². The summed E-state index contributed by atoms with van der Waals surface area (Å²) in [5, 5.41) is 4.88. The van der Waals surface area contributed by atoms with Crippen molar-refractivity contribution in [2.75, 3.05) is 13.1 Å². The summed E-state index contributed by atoms with van der Waals surface area (Å²) in [6.45, 7) is 2.69. The zero-order valence-electron chi connectivity index (χ0n) is 13.9. The Labute approximate surface area is 162 Å². The number of rotatable bonds is 4. The minimum absolute atomic E-state index is 0.210. The highest BCUT2D eigenvalue weighted by Gasteiger charge is 2.35. The molecule has 0 aromatic carbocycles. The number of halogens is 1. The maximum absolute atomic E-state index is 12.2. The fraction of sp³-hybridized carbons (Fsp3) is 0.294. The molecule has 4 heterocycles. The number of carbonyl (C=O) groups excluding carboxylic acids is 2. The number of aromatic nitrogens is 1. The van der Waals surface area contributed by atoms with E-state index in [9.17, 15) is 9.59 Å². The number of amides is 2. The van der Waals surface area contributed by atoms with Crippen molar-refractivity contribution in [1.82, 2.24) is 14.6 Å². The number of hydrogen-bond donors (Lipinski definition) is 1. The third-order valence-corrected chi connectivity index (χ3v) is 7.30. The quantitative estimate of drug-likeness (QED) is 0.787. The van der Waals surface area contributed by atoms with Gasteiger partial charge in [0.2, 0.25) is 0 Å². The molecule has 1 unspecified atom stereocenters. The number of fused-ring (bicyclic) bond motifs is 1. The maximum atomic E-state index is 12.2. The Balaban J connectivity index is 1.37. The number of thiophene rings is 1. The van der Waals surface area contributed by atoms with Gasteiger partial charge in [0.15, 0.2) is 0 Å². The van der Waals surface area contributed by atoms with Gasteiger partial charge in [0.1, 0.15) is 6.10 Å². The molecular formula is C17H16ClN3O3S2. The van der Waals surface area contributed by atoms with Crippen molar-refractivity contribution in [3.05, 3.63) is 50.4 Å². The zero-order valence-corrected chi connectivity index (χ0v) is 16.3. The Morgan fingerprint density at radius 2 is 2.31 bits per heavy atom. The van der Waals surface area contributed by atoms with E-state index >= 15 is 0 Å². The third kappa shape index (κ3) is 3.49. The van der Waals surface area contributed by atoms with Crippen molar-refractivity contribution in [3.63, 3.8) is 0 Å². The molecule has 2 aliphatic heterocycles. The molecule has 26 heavy (non-hydrogen) atoms. The van der Waals surface area contributed by atoms with E-state index < -0.39 is 0 Å². The summed E-state index contributed by atoms with van der Waals surface area (Å²) in [5.74, 6) is 0.511. The van der Waals surface area contributed by atoms with Crippen LogP contribution in [-0.4, -0.2) is 45.9 Å². The summed E-state index contributed by atoms with van der Waals surface area (Å²) in [6, 6.07) is 7.37. The minimum atomic E-state index is -0.362. The largest absolute Gasteiger partial charge is 0.442 e. The molecule has 2 atom stereocenters. The van der Waals surface area contributed by atoms with Crippen LogP contribution in [0.5, 0.6) is 0 Å². The average Bonchev–Trinajstić information content (AvgIpc) is 3.30. The summed E-state index contributed by atoms with van der Waals surface area (Å²) in [6.07, 6.45) is -0.700. The van der Waals surface area contributed by atoms with Crippen molar-refractivity contribution in [2.45, 2.75) is 18.8 Å². The van der Waals surface area contributed by atoms with E-state index in [1.54, 1.807) is 16.4 Å². The number of nitrogens with zero attached hydrogens (tertiary/aromatic N) is 2. The Kier molecular flexibility index (Phi) is 4.73. The number of aryl methyl sites for hydroxylation is 1. The molecule has 136 valence electrons. The first kappa shape index (κ1) is 17.5. The average molecular weight is 410 g/mol. The van der Waals surface area contributed by atoms with Crippen molar-refractivity contribution >= 4 is 51.0 Å². The van der Waals surface area contributed by atoms with Crippen LogP contribution in [0.1, 0.15) is 26.6 Å². The number of pyridine rings is 1. The first-order chi connectivity index (χ1) is 12.5. The van der Waals surface area contributed by atoms with Gasteiger partial charge in [-0.3, -0.25) is 14.1 Å². The van der Waals surface area contributed by atoms with Crippen molar-refractivity contribution in [2.24, 2.45) is 0 Å². The lowest BCUT2D eigenvalue weighted by Crippen LogP contribution is -2.33. The monoisotopic (exact) mass is 409 g/mol. The minimum Gasteiger partial charge on any atom is -0.442 e. The Morgan fingerprint density at radius 1 is 1.46 bits per heavy atom. The summed E-state index contributed by atoms with van der Waals surface area (Å²) >= 11 is 7.06. The molecule has 2 aromatic heterocycles. The summed E-state index contributed by atoms with van der Waals surface area (Å²) in [4.78, 5) is 29.4. The van der Waals surface area contributed by atoms with Crippen molar-refractivity contribution in [1.29, 1.82) is 0 Å². The molecule has 0 saturated carbocycles. The molecule has 1 saturated heterocycles. The van der Waals surface area contributed by atoms with Gasteiger partial charge < -0.3 is 10.1 Å². The van der Waals surface area contributed by atoms with Crippen LogP contribution in [0.2, 0.25) is 4.34 Å². The molecule has 0 bridgehead atoms. The van der Waals surface area contributed by atoms with Gasteiger partial charge in [-0.2, -0.15) is 0 Å². The van der Waals surface area contributed by atoms with E-state index in [1.807, 2.05) is 19.1 Å².